The molecule has 43 heavy (non-hydrogen) atoms. The molecule has 4 atom stereocenters. The lowest BCUT2D eigenvalue weighted by molar-refractivity contribution is -0.142. The van der Waals surface area contributed by atoms with Crippen LogP contribution in [0.3, 0.4) is 0 Å². The van der Waals surface area contributed by atoms with Crippen molar-refractivity contribution in [2.24, 2.45) is 5.92 Å². The molecule has 1 aliphatic heterocycles. The molecule has 0 saturated carbocycles. The molecule has 0 unspecified atom stereocenters. The van der Waals surface area contributed by atoms with Gasteiger partial charge in [-0.15, -0.1) is 0 Å². The highest BCUT2D eigenvalue weighted by Crippen LogP contribution is 2.29. The molecule has 2 rings (SSSR count). The van der Waals surface area contributed by atoms with Crippen LogP contribution in [0, 0.1) is 5.92 Å². The first kappa shape index (κ1) is 36.1. The number of ether oxygens (including phenoxy) is 2. The Balaban J connectivity index is 2.42. The number of urea groups is 1. The smallest absolute Gasteiger partial charge is 0.389 e. The van der Waals surface area contributed by atoms with Crippen LogP contribution in [0.4, 0.5) is 23.7 Å². The molecule has 0 aromatic heterocycles. The van der Waals surface area contributed by atoms with E-state index in [1.807, 2.05) is 27.7 Å². The lowest BCUT2D eigenvalue weighted by Gasteiger charge is -2.36. The fraction of sp³-hybridized carbons (Fsp3) is 0.700. The normalized spacial score (nSPS) is 21.3. The second-order valence-electron chi connectivity index (χ2n) is 11.7. The number of aliphatic hydroxyl groups is 1. The van der Waals surface area contributed by atoms with Gasteiger partial charge in [0.05, 0.1) is 36.8 Å². The average molecular weight is 617 g/mol. The predicted octanol–water partition coefficient (Wildman–Crippen LogP) is 4.81. The quantitative estimate of drug-likeness (QED) is 0.386. The second-order valence-corrected chi connectivity index (χ2v) is 11.7. The third-order valence-corrected chi connectivity index (χ3v) is 7.18. The molecule has 244 valence electrons. The zero-order valence-electron chi connectivity index (χ0n) is 26.0. The number of anilines is 1. The number of amides is 4. The van der Waals surface area contributed by atoms with Crippen LogP contribution in [0.5, 0.6) is 5.75 Å². The molecular formula is C30H47F3N4O6. The molecule has 1 heterocycles. The van der Waals surface area contributed by atoms with E-state index in [9.17, 15) is 32.7 Å². The van der Waals surface area contributed by atoms with Crippen LogP contribution in [-0.2, 0) is 9.53 Å². The summed E-state index contributed by atoms with van der Waals surface area (Å²) in [6.07, 6.45) is -4.97. The monoisotopic (exact) mass is 616 g/mol. The van der Waals surface area contributed by atoms with Gasteiger partial charge >= 0.3 is 12.2 Å². The van der Waals surface area contributed by atoms with Crippen LogP contribution in [0.1, 0.15) is 77.1 Å². The Labute approximate surface area is 252 Å². The number of aliphatic hydroxyl groups excluding tert-OH is 1. The van der Waals surface area contributed by atoms with Crippen molar-refractivity contribution in [3.8, 4) is 5.75 Å². The summed E-state index contributed by atoms with van der Waals surface area (Å²) in [6.45, 7) is 9.78. The molecule has 10 nitrogen and oxygen atoms in total. The first-order valence-corrected chi connectivity index (χ1v) is 14.8. The molecule has 0 spiro atoms. The largest absolute Gasteiger partial charge is 0.490 e. The maximum absolute atomic E-state index is 14.1. The highest BCUT2D eigenvalue weighted by atomic mass is 19.4. The Morgan fingerprint density at radius 2 is 1.88 bits per heavy atom. The van der Waals surface area contributed by atoms with Gasteiger partial charge in [-0.1, -0.05) is 6.92 Å². The summed E-state index contributed by atoms with van der Waals surface area (Å²) in [7, 11) is 1.68. The van der Waals surface area contributed by atoms with Crippen LogP contribution in [0.15, 0.2) is 18.2 Å². The maximum atomic E-state index is 14.1. The fourth-order valence-electron chi connectivity index (χ4n) is 4.65. The molecule has 0 aliphatic carbocycles. The van der Waals surface area contributed by atoms with Gasteiger partial charge in [0.2, 0.25) is 5.91 Å². The van der Waals surface area contributed by atoms with Crippen LogP contribution >= 0.6 is 0 Å². The van der Waals surface area contributed by atoms with E-state index in [2.05, 4.69) is 10.6 Å². The van der Waals surface area contributed by atoms with Gasteiger partial charge in [0, 0.05) is 50.8 Å². The van der Waals surface area contributed by atoms with Crippen molar-refractivity contribution < 1.29 is 42.1 Å². The summed E-state index contributed by atoms with van der Waals surface area (Å²) in [5.41, 5.74) is 0.260. The molecule has 4 amide bonds. The molecule has 3 N–H and O–H groups in total. The molecule has 0 bridgehead atoms. The van der Waals surface area contributed by atoms with Crippen molar-refractivity contribution in [1.29, 1.82) is 0 Å². The van der Waals surface area contributed by atoms with E-state index >= 15 is 0 Å². The molecule has 13 heteroatoms. The van der Waals surface area contributed by atoms with Crippen molar-refractivity contribution in [2.75, 3.05) is 38.7 Å². The minimum Gasteiger partial charge on any atom is -0.490 e. The van der Waals surface area contributed by atoms with Crippen LogP contribution in [0.25, 0.3) is 0 Å². The Kier molecular flexibility index (Phi) is 14.0. The minimum absolute atomic E-state index is 0.0422. The number of nitrogens with zero attached hydrogens (tertiary/aromatic N) is 2. The zero-order chi connectivity index (χ0) is 32.3. The highest BCUT2D eigenvalue weighted by Gasteiger charge is 2.31. The lowest BCUT2D eigenvalue weighted by Crippen LogP contribution is -2.49. The lowest BCUT2D eigenvalue weighted by atomic mass is 10.0. The van der Waals surface area contributed by atoms with Crippen LogP contribution in [0.2, 0.25) is 0 Å². The highest BCUT2D eigenvalue weighted by molar-refractivity contribution is 5.99. The molecule has 0 fully saturated rings. The van der Waals surface area contributed by atoms with Gasteiger partial charge in [0.25, 0.3) is 5.91 Å². The number of fused-ring (bicyclic) bond motifs is 1. The molecule has 1 aromatic rings. The second kappa shape index (κ2) is 16.7. The van der Waals surface area contributed by atoms with Gasteiger partial charge in [-0.2, -0.15) is 13.2 Å². The zero-order valence-corrected chi connectivity index (χ0v) is 26.0. The number of hydrogen-bond acceptors (Lipinski definition) is 6. The summed E-state index contributed by atoms with van der Waals surface area (Å²) in [5.74, 6) is -1.31. The van der Waals surface area contributed by atoms with Gasteiger partial charge in [-0.25, -0.2) is 4.79 Å². The van der Waals surface area contributed by atoms with Gasteiger partial charge in [0.1, 0.15) is 5.75 Å². The first-order chi connectivity index (χ1) is 20.1. The Morgan fingerprint density at radius 3 is 2.51 bits per heavy atom. The third-order valence-electron chi connectivity index (χ3n) is 7.18. The van der Waals surface area contributed by atoms with Crippen LogP contribution < -0.4 is 15.4 Å². The molecule has 0 saturated heterocycles. The SMILES string of the molecule is CC(C)NC(=O)N(C)C[C@@H]1OCCCC[C@H](C)Oc2ccc(NC(=O)CCC(F)(F)F)cc2C(=O)N([C@@H](C)CO)C[C@H]1C. The number of halogens is 3. The Hall–Kier alpha value is -3.06. The van der Waals surface area contributed by atoms with Crippen molar-refractivity contribution >= 4 is 23.5 Å². The minimum atomic E-state index is -4.47. The number of hydrogen-bond donors (Lipinski definition) is 3. The Morgan fingerprint density at radius 1 is 1.19 bits per heavy atom. The standard InChI is InChI=1S/C30H47F3N4O6/c1-19(2)34-29(41)36(6)17-26-20(3)16-37(21(4)18-38)28(40)24-15-23(35-27(39)12-13-30(31,32)33)10-11-25(24)43-22(5)9-7-8-14-42-26/h10-11,15,19-22,26,38H,7-9,12-14,16-18H2,1-6H3,(H,34,41)(H,35,39)/t20-,21+,22+,26+/m1/s1. The molecular weight excluding hydrogens is 569 g/mol. The van der Waals surface area contributed by atoms with Crippen molar-refractivity contribution in [1.82, 2.24) is 15.1 Å². The summed E-state index contributed by atoms with van der Waals surface area (Å²) >= 11 is 0. The molecule has 1 aromatic carbocycles. The van der Waals surface area contributed by atoms with E-state index < -0.39 is 43.0 Å². The third kappa shape index (κ3) is 12.2. The van der Waals surface area contributed by atoms with Gasteiger partial charge in [0.15, 0.2) is 0 Å². The number of alkyl halides is 3. The van der Waals surface area contributed by atoms with Crippen molar-refractivity contribution in [2.45, 2.75) is 97.2 Å². The summed E-state index contributed by atoms with van der Waals surface area (Å²) < 4.78 is 50.2. The van der Waals surface area contributed by atoms with E-state index in [1.165, 1.54) is 23.1 Å². The number of benzene rings is 1. The van der Waals surface area contributed by atoms with Crippen molar-refractivity contribution in [3.05, 3.63) is 23.8 Å². The average Bonchev–Trinajstić information content (AvgIpc) is 2.92. The van der Waals surface area contributed by atoms with Crippen molar-refractivity contribution in [3.63, 3.8) is 0 Å². The van der Waals surface area contributed by atoms with Gasteiger partial charge in [-0.05, 0) is 65.2 Å². The van der Waals surface area contributed by atoms with E-state index in [1.54, 1.807) is 18.9 Å². The van der Waals surface area contributed by atoms with Crippen LogP contribution in [-0.4, -0.2) is 96.6 Å². The van der Waals surface area contributed by atoms with E-state index in [0.29, 0.717) is 13.0 Å². The first-order valence-electron chi connectivity index (χ1n) is 14.8. The number of carbonyl (C=O) groups is 3. The Bertz CT molecular complexity index is 1070. The van der Waals surface area contributed by atoms with E-state index in [4.69, 9.17) is 9.47 Å². The number of nitrogens with one attached hydrogen (secondary N) is 2. The number of rotatable bonds is 8. The number of likely N-dealkylation sites (N-methyl/N-ethyl adjacent to an activating group) is 1. The topological polar surface area (TPSA) is 120 Å². The fourth-order valence-corrected chi connectivity index (χ4v) is 4.65. The van der Waals surface area contributed by atoms with E-state index in [-0.39, 0.29) is 60.8 Å². The van der Waals surface area contributed by atoms with Gasteiger partial charge in [-0.3, -0.25) is 9.59 Å². The predicted molar refractivity (Wildman–Crippen MR) is 157 cm³/mol. The summed E-state index contributed by atoms with van der Waals surface area (Å²) in [5, 5.41) is 15.4. The number of carbonyl (C=O) groups excluding carboxylic acids is 3. The molecule has 1 aliphatic rings. The van der Waals surface area contributed by atoms with Gasteiger partial charge < -0.3 is 35.0 Å². The van der Waals surface area contributed by atoms with E-state index in [0.717, 1.165) is 12.8 Å². The molecule has 0 radical (unpaired) electrons. The summed E-state index contributed by atoms with van der Waals surface area (Å²) in [6, 6.07) is 3.50. The summed E-state index contributed by atoms with van der Waals surface area (Å²) in [4.78, 5) is 41.9. The maximum Gasteiger partial charge on any atom is 0.389 e.